The lowest BCUT2D eigenvalue weighted by molar-refractivity contribution is 0.354. The Balaban J connectivity index is 1.73. The molecule has 0 atom stereocenters. The highest BCUT2D eigenvalue weighted by atomic mass is 32.1. The van der Waals surface area contributed by atoms with Crippen molar-refractivity contribution >= 4 is 27.4 Å². The molecule has 5 nitrogen and oxygen atoms in total. The maximum Gasteiger partial charge on any atom is 0.160 e. The number of methoxy groups -OCH3 is 2. The van der Waals surface area contributed by atoms with E-state index >= 15 is 0 Å². The highest BCUT2D eigenvalue weighted by Gasteiger charge is 2.09. The SMILES string of the molecule is COc1ccc(CCNc2nc(C)nc3sc(C)cc23)cc1OC. The average Bonchev–Trinajstić information content (AvgIpc) is 2.94. The van der Waals surface area contributed by atoms with Crippen molar-refractivity contribution in [2.75, 3.05) is 26.1 Å². The van der Waals surface area contributed by atoms with E-state index in [2.05, 4.69) is 34.3 Å². The molecule has 3 rings (SSSR count). The molecule has 126 valence electrons. The fourth-order valence-corrected chi connectivity index (χ4v) is 3.57. The summed E-state index contributed by atoms with van der Waals surface area (Å²) in [4.78, 5) is 11.3. The monoisotopic (exact) mass is 343 g/mol. The molecular weight excluding hydrogens is 322 g/mol. The fraction of sp³-hybridized carbons (Fsp3) is 0.333. The number of fused-ring (bicyclic) bond motifs is 1. The second-order valence-electron chi connectivity index (χ2n) is 5.56. The molecule has 0 aliphatic carbocycles. The Bertz CT molecular complexity index is 861. The van der Waals surface area contributed by atoms with Crippen molar-refractivity contribution in [2.45, 2.75) is 20.3 Å². The summed E-state index contributed by atoms with van der Waals surface area (Å²) in [5.41, 5.74) is 1.18. The van der Waals surface area contributed by atoms with Crippen molar-refractivity contribution in [3.05, 3.63) is 40.5 Å². The molecule has 0 saturated carbocycles. The molecule has 1 N–H and O–H groups in total. The third-order valence-corrected chi connectivity index (χ3v) is 4.73. The molecule has 0 aliphatic rings. The number of nitrogens with one attached hydrogen (secondary N) is 1. The summed E-state index contributed by atoms with van der Waals surface area (Å²) >= 11 is 1.70. The maximum atomic E-state index is 5.35. The van der Waals surface area contributed by atoms with Crippen LogP contribution in [0.3, 0.4) is 0 Å². The second kappa shape index (κ2) is 7.05. The quantitative estimate of drug-likeness (QED) is 0.734. The van der Waals surface area contributed by atoms with Crippen LogP contribution in [0.5, 0.6) is 11.5 Å². The van der Waals surface area contributed by atoms with Crippen molar-refractivity contribution in [1.82, 2.24) is 9.97 Å². The van der Waals surface area contributed by atoms with Gasteiger partial charge in [-0.15, -0.1) is 11.3 Å². The molecule has 0 amide bonds. The number of rotatable bonds is 6. The molecule has 24 heavy (non-hydrogen) atoms. The van der Waals surface area contributed by atoms with Crippen LogP contribution < -0.4 is 14.8 Å². The molecule has 6 heteroatoms. The Morgan fingerprint density at radius 1 is 1.04 bits per heavy atom. The van der Waals surface area contributed by atoms with E-state index in [0.717, 1.165) is 46.3 Å². The molecule has 3 aromatic rings. The van der Waals surface area contributed by atoms with Crippen LogP contribution in [-0.2, 0) is 6.42 Å². The summed E-state index contributed by atoms with van der Waals surface area (Å²) in [5, 5.41) is 4.53. The van der Waals surface area contributed by atoms with Gasteiger partial charge in [0, 0.05) is 11.4 Å². The number of hydrogen-bond acceptors (Lipinski definition) is 6. The summed E-state index contributed by atoms with van der Waals surface area (Å²) < 4.78 is 10.6. The first kappa shape index (κ1) is 16.5. The molecule has 2 aromatic heterocycles. The number of aromatic nitrogens is 2. The molecule has 1 aromatic carbocycles. The Hall–Kier alpha value is -2.34. The minimum Gasteiger partial charge on any atom is -0.493 e. The van der Waals surface area contributed by atoms with E-state index in [9.17, 15) is 0 Å². The zero-order chi connectivity index (χ0) is 17.1. The van der Waals surface area contributed by atoms with Crippen LogP contribution in [0.25, 0.3) is 10.2 Å². The van der Waals surface area contributed by atoms with Gasteiger partial charge >= 0.3 is 0 Å². The van der Waals surface area contributed by atoms with Gasteiger partial charge in [0.25, 0.3) is 0 Å². The summed E-state index contributed by atoms with van der Waals surface area (Å²) in [6.07, 6.45) is 0.869. The maximum absolute atomic E-state index is 5.35. The zero-order valence-electron chi connectivity index (χ0n) is 14.3. The summed E-state index contributed by atoms with van der Waals surface area (Å²) in [7, 11) is 3.30. The Labute approximate surface area is 145 Å². The number of benzene rings is 1. The highest BCUT2D eigenvalue weighted by Crippen LogP contribution is 2.29. The Kier molecular flexibility index (Phi) is 4.85. The van der Waals surface area contributed by atoms with Crippen molar-refractivity contribution in [2.24, 2.45) is 0 Å². The zero-order valence-corrected chi connectivity index (χ0v) is 15.2. The lowest BCUT2D eigenvalue weighted by atomic mass is 10.1. The number of nitrogens with zero attached hydrogens (tertiary/aromatic N) is 2. The minimum absolute atomic E-state index is 0.746. The van der Waals surface area contributed by atoms with Gasteiger partial charge in [-0.2, -0.15) is 0 Å². The van der Waals surface area contributed by atoms with Crippen LogP contribution in [0, 0.1) is 13.8 Å². The first-order valence-corrected chi connectivity index (χ1v) is 8.62. The topological polar surface area (TPSA) is 56.3 Å². The van der Waals surface area contributed by atoms with E-state index in [1.165, 1.54) is 10.4 Å². The van der Waals surface area contributed by atoms with E-state index in [1.54, 1.807) is 25.6 Å². The number of anilines is 1. The van der Waals surface area contributed by atoms with E-state index in [4.69, 9.17) is 9.47 Å². The number of ether oxygens (including phenoxy) is 2. The average molecular weight is 343 g/mol. The molecule has 0 unspecified atom stereocenters. The third kappa shape index (κ3) is 3.43. The van der Waals surface area contributed by atoms with Gasteiger partial charge in [-0.05, 0) is 44.0 Å². The molecular formula is C18H21N3O2S. The number of thiophene rings is 1. The summed E-state index contributed by atoms with van der Waals surface area (Å²) in [5.74, 6) is 3.19. The highest BCUT2D eigenvalue weighted by molar-refractivity contribution is 7.18. The van der Waals surface area contributed by atoms with Crippen molar-refractivity contribution in [3.63, 3.8) is 0 Å². The first-order valence-electron chi connectivity index (χ1n) is 7.80. The van der Waals surface area contributed by atoms with Crippen LogP contribution >= 0.6 is 11.3 Å². The molecule has 0 saturated heterocycles. The van der Waals surface area contributed by atoms with Crippen LogP contribution in [0.15, 0.2) is 24.3 Å². The van der Waals surface area contributed by atoms with E-state index in [-0.39, 0.29) is 0 Å². The fourth-order valence-electron chi connectivity index (χ4n) is 2.64. The molecule has 2 heterocycles. The molecule has 0 fully saturated rings. The van der Waals surface area contributed by atoms with E-state index in [0.29, 0.717) is 0 Å². The second-order valence-corrected chi connectivity index (χ2v) is 6.80. The largest absolute Gasteiger partial charge is 0.493 e. The molecule has 0 radical (unpaired) electrons. The minimum atomic E-state index is 0.746. The van der Waals surface area contributed by atoms with Crippen molar-refractivity contribution in [3.8, 4) is 11.5 Å². The Morgan fingerprint density at radius 3 is 2.58 bits per heavy atom. The summed E-state index contributed by atoms with van der Waals surface area (Å²) in [6, 6.07) is 8.14. The van der Waals surface area contributed by atoms with Gasteiger partial charge in [0.05, 0.1) is 19.6 Å². The number of hydrogen-bond donors (Lipinski definition) is 1. The van der Waals surface area contributed by atoms with Gasteiger partial charge < -0.3 is 14.8 Å². The van der Waals surface area contributed by atoms with Gasteiger partial charge in [0.2, 0.25) is 0 Å². The standard InChI is InChI=1S/C18H21N3O2S/c1-11-9-14-17(20-12(2)21-18(14)24-11)19-8-7-13-5-6-15(22-3)16(10-13)23-4/h5-6,9-10H,7-8H2,1-4H3,(H,19,20,21). The van der Waals surface area contributed by atoms with E-state index < -0.39 is 0 Å². The van der Waals surface area contributed by atoms with Crippen molar-refractivity contribution < 1.29 is 9.47 Å². The molecule has 0 bridgehead atoms. The van der Waals surface area contributed by atoms with Crippen LogP contribution in [-0.4, -0.2) is 30.7 Å². The van der Waals surface area contributed by atoms with Gasteiger partial charge in [-0.1, -0.05) is 6.07 Å². The lowest BCUT2D eigenvalue weighted by Crippen LogP contribution is -2.08. The Morgan fingerprint density at radius 2 is 1.83 bits per heavy atom. The van der Waals surface area contributed by atoms with Gasteiger partial charge in [-0.3, -0.25) is 0 Å². The molecule has 0 aliphatic heterocycles. The lowest BCUT2D eigenvalue weighted by Gasteiger charge is -2.11. The van der Waals surface area contributed by atoms with Gasteiger partial charge in [-0.25, -0.2) is 9.97 Å². The molecule has 0 spiro atoms. The van der Waals surface area contributed by atoms with Crippen molar-refractivity contribution in [1.29, 1.82) is 0 Å². The summed E-state index contributed by atoms with van der Waals surface area (Å²) in [6.45, 7) is 4.80. The van der Waals surface area contributed by atoms with Gasteiger partial charge in [0.15, 0.2) is 11.5 Å². The smallest absolute Gasteiger partial charge is 0.160 e. The van der Waals surface area contributed by atoms with Crippen LogP contribution in [0.4, 0.5) is 5.82 Å². The number of aryl methyl sites for hydroxylation is 2. The normalized spacial score (nSPS) is 10.8. The van der Waals surface area contributed by atoms with Crippen LogP contribution in [0.1, 0.15) is 16.3 Å². The van der Waals surface area contributed by atoms with Gasteiger partial charge in [0.1, 0.15) is 16.5 Å². The van der Waals surface area contributed by atoms with Crippen LogP contribution in [0.2, 0.25) is 0 Å². The van der Waals surface area contributed by atoms with E-state index in [1.807, 2.05) is 19.1 Å². The predicted octanol–water partition coefficient (Wildman–Crippen LogP) is 3.98. The predicted molar refractivity (Wildman–Crippen MR) is 98.6 cm³/mol. The first-order chi connectivity index (χ1) is 11.6. The third-order valence-electron chi connectivity index (χ3n) is 3.78.